The zero-order chi connectivity index (χ0) is 15.2. The van der Waals surface area contributed by atoms with Gasteiger partial charge in [-0.15, -0.1) is 0 Å². The van der Waals surface area contributed by atoms with Crippen LogP contribution in [-0.2, 0) is 14.8 Å². The van der Waals surface area contributed by atoms with Gasteiger partial charge in [-0.25, -0.2) is 13.1 Å². The lowest BCUT2D eigenvalue weighted by Crippen LogP contribution is -2.37. The lowest BCUT2D eigenvalue weighted by molar-refractivity contribution is 0.171. The van der Waals surface area contributed by atoms with Crippen molar-refractivity contribution in [1.82, 2.24) is 4.72 Å². The minimum absolute atomic E-state index is 0.0405. The summed E-state index contributed by atoms with van der Waals surface area (Å²) in [4.78, 5) is 0.0405. The highest BCUT2D eigenvalue weighted by atomic mass is 35.5. The lowest BCUT2D eigenvalue weighted by atomic mass is 10.2. The highest BCUT2D eigenvalue weighted by Crippen LogP contribution is 2.20. The molecule has 20 heavy (non-hydrogen) atoms. The summed E-state index contributed by atoms with van der Waals surface area (Å²) in [5.41, 5.74) is 0.243. The summed E-state index contributed by atoms with van der Waals surface area (Å²) in [5.74, 6) is 0. The van der Waals surface area contributed by atoms with Crippen LogP contribution >= 0.6 is 11.6 Å². The fourth-order valence-electron chi connectivity index (χ4n) is 1.77. The SMILES string of the molecule is CCCC(COC)NS(=O)(=O)c1ccc(C#N)c(Cl)c1. The quantitative estimate of drug-likeness (QED) is 0.837. The van der Waals surface area contributed by atoms with Crippen molar-refractivity contribution < 1.29 is 13.2 Å². The molecule has 1 rings (SSSR count). The first-order chi connectivity index (χ1) is 9.44. The number of nitrogens with zero attached hydrogens (tertiary/aromatic N) is 1. The van der Waals surface area contributed by atoms with E-state index in [2.05, 4.69) is 4.72 Å². The molecule has 0 amide bonds. The van der Waals surface area contributed by atoms with Crippen molar-refractivity contribution >= 4 is 21.6 Å². The van der Waals surface area contributed by atoms with E-state index in [1.54, 1.807) is 0 Å². The molecule has 1 atom stereocenters. The Hall–Kier alpha value is -1.13. The maximum Gasteiger partial charge on any atom is 0.240 e. The molecular formula is C13H17ClN2O3S. The number of hydrogen-bond acceptors (Lipinski definition) is 4. The molecule has 0 aliphatic heterocycles. The van der Waals surface area contributed by atoms with E-state index in [9.17, 15) is 8.42 Å². The van der Waals surface area contributed by atoms with Crippen LogP contribution in [0.4, 0.5) is 0 Å². The van der Waals surface area contributed by atoms with Gasteiger partial charge in [0.05, 0.1) is 22.1 Å². The molecule has 0 saturated heterocycles. The molecule has 1 aromatic rings. The van der Waals surface area contributed by atoms with Crippen molar-refractivity contribution in [2.24, 2.45) is 0 Å². The molecule has 0 saturated carbocycles. The molecule has 0 aromatic heterocycles. The number of rotatable bonds is 7. The van der Waals surface area contributed by atoms with Gasteiger partial charge in [-0.3, -0.25) is 0 Å². The fraction of sp³-hybridized carbons (Fsp3) is 0.462. The van der Waals surface area contributed by atoms with Crippen LogP contribution in [0.3, 0.4) is 0 Å². The molecule has 0 heterocycles. The van der Waals surface area contributed by atoms with Gasteiger partial charge in [0.1, 0.15) is 6.07 Å². The fourth-order valence-corrected chi connectivity index (χ4v) is 3.34. The summed E-state index contributed by atoms with van der Waals surface area (Å²) in [7, 11) is -2.15. The maximum atomic E-state index is 12.2. The van der Waals surface area contributed by atoms with Crippen molar-refractivity contribution in [2.45, 2.75) is 30.7 Å². The Morgan fingerprint density at radius 2 is 2.20 bits per heavy atom. The van der Waals surface area contributed by atoms with Gasteiger partial charge in [-0.1, -0.05) is 24.9 Å². The zero-order valence-electron chi connectivity index (χ0n) is 11.4. The Kier molecular flexibility index (Phi) is 6.43. The number of nitrogens with one attached hydrogen (secondary N) is 1. The van der Waals surface area contributed by atoms with Gasteiger partial charge < -0.3 is 4.74 Å². The van der Waals surface area contributed by atoms with Crippen LogP contribution in [0.25, 0.3) is 0 Å². The maximum absolute atomic E-state index is 12.2. The standard InChI is InChI=1S/C13H17ClN2O3S/c1-3-4-11(9-19-2)16-20(17,18)12-6-5-10(8-15)13(14)7-12/h5-7,11,16H,3-4,9H2,1-2H3. The highest BCUT2D eigenvalue weighted by molar-refractivity contribution is 7.89. The van der Waals surface area contributed by atoms with Crippen molar-refractivity contribution in [3.63, 3.8) is 0 Å². The van der Waals surface area contributed by atoms with E-state index in [-0.39, 0.29) is 21.5 Å². The molecule has 1 aromatic carbocycles. The molecule has 5 nitrogen and oxygen atoms in total. The van der Waals surface area contributed by atoms with Gasteiger partial charge in [-0.2, -0.15) is 5.26 Å². The number of halogens is 1. The van der Waals surface area contributed by atoms with E-state index >= 15 is 0 Å². The molecule has 1 N–H and O–H groups in total. The lowest BCUT2D eigenvalue weighted by Gasteiger charge is -2.17. The Morgan fingerprint density at radius 3 is 2.70 bits per heavy atom. The Bertz CT molecular complexity index is 590. The molecule has 0 aliphatic rings. The summed E-state index contributed by atoms with van der Waals surface area (Å²) in [6.45, 7) is 2.27. The number of ether oxygens (including phenoxy) is 1. The van der Waals surface area contributed by atoms with Crippen LogP contribution in [0.5, 0.6) is 0 Å². The van der Waals surface area contributed by atoms with Crippen molar-refractivity contribution in [2.75, 3.05) is 13.7 Å². The molecular weight excluding hydrogens is 300 g/mol. The minimum Gasteiger partial charge on any atom is -0.383 e. The molecule has 7 heteroatoms. The topological polar surface area (TPSA) is 79.2 Å². The van der Waals surface area contributed by atoms with E-state index in [1.165, 1.54) is 25.3 Å². The van der Waals surface area contributed by atoms with Gasteiger partial charge in [0.15, 0.2) is 0 Å². The normalized spacial score (nSPS) is 12.9. The monoisotopic (exact) mass is 316 g/mol. The second-order valence-corrected chi connectivity index (χ2v) is 6.44. The van der Waals surface area contributed by atoms with Crippen molar-refractivity contribution in [3.8, 4) is 6.07 Å². The number of nitriles is 1. The summed E-state index contributed by atoms with van der Waals surface area (Å²) >= 11 is 5.86. The van der Waals surface area contributed by atoms with Gasteiger partial charge in [0.25, 0.3) is 0 Å². The van der Waals surface area contributed by atoms with Gasteiger partial charge >= 0.3 is 0 Å². The van der Waals surface area contributed by atoms with Gasteiger partial charge in [-0.05, 0) is 24.6 Å². The van der Waals surface area contributed by atoms with E-state index in [0.29, 0.717) is 13.0 Å². The first kappa shape index (κ1) is 16.9. The third kappa shape index (κ3) is 4.46. The zero-order valence-corrected chi connectivity index (χ0v) is 13.0. The van der Waals surface area contributed by atoms with E-state index in [0.717, 1.165) is 6.42 Å². The van der Waals surface area contributed by atoms with Crippen molar-refractivity contribution in [3.05, 3.63) is 28.8 Å². The van der Waals surface area contributed by atoms with Crippen LogP contribution in [0, 0.1) is 11.3 Å². The van der Waals surface area contributed by atoms with Crippen LogP contribution in [0.1, 0.15) is 25.3 Å². The highest BCUT2D eigenvalue weighted by Gasteiger charge is 2.20. The summed E-state index contributed by atoms with van der Waals surface area (Å²) in [5, 5.41) is 8.90. The van der Waals surface area contributed by atoms with Gasteiger partial charge in [0.2, 0.25) is 10.0 Å². The Morgan fingerprint density at radius 1 is 1.50 bits per heavy atom. The predicted octanol–water partition coefficient (Wildman–Crippen LogP) is 2.31. The largest absolute Gasteiger partial charge is 0.383 e. The molecule has 0 spiro atoms. The van der Waals surface area contributed by atoms with Crippen LogP contribution in [0.2, 0.25) is 5.02 Å². The Balaban J connectivity index is 2.98. The average Bonchev–Trinajstić information content (AvgIpc) is 2.38. The van der Waals surface area contributed by atoms with Crippen LogP contribution in [-0.4, -0.2) is 28.2 Å². The van der Waals surface area contributed by atoms with E-state index in [1.807, 2.05) is 13.0 Å². The van der Waals surface area contributed by atoms with Gasteiger partial charge in [0, 0.05) is 13.2 Å². The first-order valence-corrected chi connectivity index (χ1v) is 8.01. The molecule has 1 unspecified atom stereocenters. The smallest absolute Gasteiger partial charge is 0.240 e. The summed E-state index contributed by atoms with van der Waals surface area (Å²) < 4.78 is 32.1. The molecule has 110 valence electrons. The summed E-state index contributed by atoms with van der Waals surface area (Å²) in [6, 6.07) is 5.63. The van der Waals surface area contributed by atoms with Crippen molar-refractivity contribution in [1.29, 1.82) is 5.26 Å². The van der Waals surface area contributed by atoms with E-state index in [4.69, 9.17) is 21.6 Å². The number of methoxy groups -OCH3 is 1. The molecule has 0 radical (unpaired) electrons. The van der Waals surface area contributed by atoms with E-state index < -0.39 is 10.0 Å². The summed E-state index contributed by atoms with van der Waals surface area (Å²) in [6.07, 6.45) is 1.52. The first-order valence-electron chi connectivity index (χ1n) is 6.15. The predicted molar refractivity (Wildman–Crippen MR) is 77.1 cm³/mol. The second-order valence-electron chi connectivity index (χ2n) is 4.32. The van der Waals surface area contributed by atoms with Crippen LogP contribution < -0.4 is 4.72 Å². The minimum atomic E-state index is -3.68. The van der Waals surface area contributed by atoms with Crippen LogP contribution in [0.15, 0.2) is 23.1 Å². The molecule has 0 fully saturated rings. The second kappa shape index (κ2) is 7.60. The molecule has 0 bridgehead atoms. The number of hydrogen-bond donors (Lipinski definition) is 1. The third-order valence-corrected chi connectivity index (χ3v) is 4.53. The Labute approximate surface area is 124 Å². The number of sulfonamides is 1. The third-order valence-electron chi connectivity index (χ3n) is 2.70. The average molecular weight is 317 g/mol. The molecule has 0 aliphatic carbocycles. The number of benzene rings is 1.